The van der Waals surface area contributed by atoms with E-state index < -0.39 is 5.54 Å². The molecule has 2 rings (SSSR count). The van der Waals surface area contributed by atoms with Crippen LogP contribution in [-0.4, -0.2) is 34.6 Å². The molecule has 1 amide bonds. The third kappa shape index (κ3) is 3.55. The van der Waals surface area contributed by atoms with Gasteiger partial charge in [-0.15, -0.1) is 0 Å². The van der Waals surface area contributed by atoms with Crippen LogP contribution < -0.4 is 0 Å². The molecule has 1 aromatic carbocycles. The standard InChI is InChI=1S/C19H23NO4/c1-13(21)10-11-16(22)19(3,4)20-12-24-14(2)17(18(20)23)15-8-6-5-7-9-15/h5-9H,10-12H2,1-4H3. The van der Waals surface area contributed by atoms with Crippen LogP contribution in [0.3, 0.4) is 0 Å². The van der Waals surface area contributed by atoms with Gasteiger partial charge in [0.05, 0.1) is 11.1 Å². The van der Waals surface area contributed by atoms with Gasteiger partial charge in [-0.05, 0) is 33.3 Å². The molecule has 0 radical (unpaired) electrons. The maximum atomic E-state index is 13.0. The molecule has 0 saturated carbocycles. The van der Waals surface area contributed by atoms with E-state index in [1.165, 1.54) is 11.8 Å². The summed E-state index contributed by atoms with van der Waals surface area (Å²) in [6.45, 7) is 6.62. The zero-order valence-corrected chi connectivity index (χ0v) is 14.6. The number of nitrogens with zero attached hydrogens (tertiary/aromatic N) is 1. The van der Waals surface area contributed by atoms with Crippen LogP contribution in [0.1, 0.15) is 46.1 Å². The summed E-state index contributed by atoms with van der Waals surface area (Å²) in [4.78, 5) is 38.1. The first-order valence-corrected chi connectivity index (χ1v) is 7.99. The van der Waals surface area contributed by atoms with E-state index in [2.05, 4.69) is 0 Å². The predicted molar refractivity (Wildman–Crippen MR) is 90.8 cm³/mol. The minimum absolute atomic E-state index is 0.0276. The molecule has 1 aliphatic heterocycles. The summed E-state index contributed by atoms with van der Waals surface area (Å²) in [5, 5.41) is 0. The summed E-state index contributed by atoms with van der Waals surface area (Å²) in [7, 11) is 0. The number of carbonyl (C=O) groups is 3. The van der Waals surface area contributed by atoms with E-state index >= 15 is 0 Å². The average molecular weight is 329 g/mol. The van der Waals surface area contributed by atoms with Crippen LogP contribution in [0.5, 0.6) is 0 Å². The average Bonchev–Trinajstić information content (AvgIpc) is 2.53. The summed E-state index contributed by atoms with van der Waals surface area (Å²) >= 11 is 0. The summed E-state index contributed by atoms with van der Waals surface area (Å²) in [6, 6.07) is 9.26. The maximum Gasteiger partial charge on any atom is 0.261 e. The molecule has 0 atom stereocenters. The van der Waals surface area contributed by atoms with E-state index in [1.807, 2.05) is 30.3 Å². The quantitative estimate of drug-likeness (QED) is 0.805. The maximum absolute atomic E-state index is 13.0. The molecular weight excluding hydrogens is 306 g/mol. The minimum atomic E-state index is -1.03. The predicted octanol–water partition coefficient (Wildman–Crippen LogP) is 2.95. The second kappa shape index (κ2) is 6.99. The highest BCUT2D eigenvalue weighted by Gasteiger charge is 2.41. The molecule has 0 fully saturated rings. The van der Waals surface area contributed by atoms with Crippen molar-refractivity contribution in [3.8, 4) is 0 Å². The highest BCUT2D eigenvalue weighted by molar-refractivity contribution is 6.21. The Bertz CT molecular complexity index is 689. The Morgan fingerprint density at radius 1 is 1.17 bits per heavy atom. The smallest absolute Gasteiger partial charge is 0.261 e. The lowest BCUT2D eigenvalue weighted by Crippen LogP contribution is -2.55. The number of hydrogen-bond acceptors (Lipinski definition) is 4. The van der Waals surface area contributed by atoms with E-state index in [0.717, 1.165) is 5.56 Å². The molecule has 128 valence electrons. The number of allylic oxidation sites excluding steroid dienone is 1. The lowest BCUT2D eigenvalue weighted by atomic mass is 9.91. The van der Waals surface area contributed by atoms with Gasteiger partial charge in [0, 0.05) is 12.8 Å². The van der Waals surface area contributed by atoms with Gasteiger partial charge in [-0.3, -0.25) is 14.5 Å². The van der Waals surface area contributed by atoms with Crippen molar-refractivity contribution >= 4 is 23.0 Å². The minimum Gasteiger partial charge on any atom is -0.477 e. The van der Waals surface area contributed by atoms with Crippen molar-refractivity contribution in [2.24, 2.45) is 0 Å². The van der Waals surface area contributed by atoms with Gasteiger partial charge in [0.2, 0.25) is 0 Å². The molecule has 0 spiro atoms. The highest BCUT2D eigenvalue weighted by Crippen LogP contribution is 2.31. The number of ketones is 2. The van der Waals surface area contributed by atoms with E-state index in [4.69, 9.17) is 4.74 Å². The summed E-state index contributed by atoms with van der Waals surface area (Å²) < 4.78 is 5.66. The van der Waals surface area contributed by atoms with Gasteiger partial charge < -0.3 is 9.53 Å². The van der Waals surface area contributed by atoms with Crippen molar-refractivity contribution in [2.45, 2.75) is 46.1 Å². The van der Waals surface area contributed by atoms with Crippen LogP contribution in [0.15, 0.2) is 36.1 Å². The molecule has 0 saturated heterocycles. The van der Waals surface area contributed by atoms with Gasteiger partial charge in [-0.1, -0.05) is 30.3 Å². The van der Waals surface area contributed by atoms with Crippen LogP contribution >= 0.6 is 0 Å². The van der Waals surface area contributed by atoms with Crippen molar-refractivity contribution in [1.82, 2.24) is 4.90 Å². The zero-order chi connectivity index (χ0) is 17.9. The number of Topliss-reactive ketones (excluding diaryl/α,β-unsaturated/α-hetero) is 2. The van der Waals surface area contributed by atoms with Gasteiger partial charge >= 0.3 is 0 Å². The second-order valence-electron chi connectivity index (χ2n) is 6.49. The van der Waals surface area contributed by atoms with Crippen molar-refractivity contribution in [2.75, 3.05) is 6.73 Å². The molecule has 1 aromatic rings. The lowest BCUT2D eigenvalue weighted by Gasteiger charge is -2.40. The first-order valence-electron chi connectivity index (χ1n) is 7.99. The molecule has 1 aliphatic rings. The van der Waals surface area contributed by atoms with Crippen molar-refractivity contribution in [3.63, 3.8) is 0 Å². The summed E-state index contributed by atoms with van der Waals surface area (Å²) in [6.07, 6.45) is 0.307. The fourth-order valence-electron chi connectivity index (χ4n) is 2.67. The fourth-order valence-corrected chi connectivity index (χ4v) is 2.67. The first kappa shape index (κ1) is 17.9. The number of carbonyl (C=O) groups excluding carboxylic acids is 3. The third-order valence-corrected chi connectivity index (χ3v) is 4.34. The van der Waals surface area contributed by atoms with E-state index in [-0.39, 0.29) is 37.0 Å². The van der Waals surface area contributed by atoms with Gasteiger partial charge in [0.25, 0.3) is 5.91 Å². The highest BCUT2D eigenvalue weighted by atomic mass is 16.5. The SMILES string of the molecule is CC(=O)CCC(=O)C(C)(C)N1COC(C)=C(c2ccccc2)C1=O. The number of hydrogen-bond donors (Lipinski definition) is 0. The largest absolute Gasteiger partial charge is 0.477 e. The lowest BCUT2D eigenvalue weighted by molar-refractivity contribution is -0.148. The topological polar surface area (TPSA) is 63.7 Å². The summed E-state index contributed by atoms with van der Waals surface area (Å²) in [5.41, 5.74) is 0.193. The Morgan fingerprint density at radius 2 is 1.79 bits per heavy atom. The Balaban J connectivity index is 2.28. The second-order valence-corrected chi connectivity index (χ2v) is 6.49. The van der Waals surface area contributed by atoms with Gasteiger partial charge in [0.15, 0.2) is 12.5 Å². The molecule has 5 heteroatoms. The fraction of sp³-hybridized carbons (Fsp3) is 0.421. The van der Waals surface area contributed by atoms with Crippen LogP contribution in [0.2, 0.25) is 0 Å². The van der Waals surface area contributed by atoms with Crippen molar-refractivity contribution in [3.05, 3.63) is 41.7 Å². The van der Waals surface area contributed by atoms with Gasteiger partial charge in [-0.25, -0.2) is 0 Å². The molecule has 24 heavy (non-hydrogen) atoms. The molecule has 0 N–H and O–H groups in total. The molecule has 0 unspecified atom stereocenters. The van der Waals surface area contributed by atoms with E-state index in [1.54, 1.807) is 20.8 Å². The van der Waals surface area contributed by atoms with Crippen LogP contribution in [-0.2, 0) is 19.1 Å². The number of ether oxygens (including phenoxy) is 1. The molecule has 5 nitrogen and oxygen atoms in total. The van der Waals surface area contributed by atoms with Crippen LogP contribution in [0.4, 0.5) is 0 Å². The normalized spacial score (nSPS) is 15.3. The number of rotatable bonds is 6. The molecular formula is C19H23NO4. The Hall–Kier alpha value is -2.43. The molecule has 0 aromatic heterocycles. The third-order valence-electron chi connectivity index (χ3n) is 4.34. The van der Waals surface area contributed by atoms with E-state index in [0.29, 0.717) is 11.3 Å². The number of amides is 1. The number of benzene rings is 1. The molecule has 1 heterocycles. The Labute approximate surface area is 142 Å². The zero-order valence-electron chi connectivity index (χ0n) is 14.6. The Kier molecular flexibility index (Phi) is 5.22. The Morgan fingerprint density at radius 3 is 2.38 bits per heavy atom. The van der Waals surface area contributed by atoms with Crippen LogP contribution in [0, 0.1) is 0 Å². The van der Waals surface area contributed by atoms with E-state index in [9.17, 15) is 14.4 Å². The van der Waals surface area contributed by atoms with Crippen LogP contribution in [0.25, 0.3) is 5.57 Å². The first-order chi connectivity index (χ1) is 11.2. The van der Waals surface area contributed by atoms with Crippen molar-refractivity contribution in [1.29, 1.82) is 0 Å². The summed E-state index contributed by atoms with van der Waals surface area (Å²) in [5.74, 6) is 0.128. The van der Waals surface area contributed by atoms with Gasteiger partial charge in [-0.2, -0.15) is 0 Å². The van der Waals surface area contributed by atoms with Gasteiger partial charge in [0.1, 0.15) is 11.5 Å². The monoisotopic (exact) mass is 329 g/mol. The molecule has 0 aliphatic carbocycles. The van der Waals surface area contributed by atoms with Crippen molar-refractivity contribution < 1.29 is 19.1 Å². The molecule has 0 bridgehead atoms.